The third-order valence-electron chi connectivity index (χ3n) is 5.10. The van der Waals surface area contributed by atoms with Crippen molar-refractivity contribution in [3.63, 3.8) is 0 Å². The smallest absolute Gasteiger partial charge is 0.156 e. The molecule has 1 spiro atoms. The van der Waals surface area contributed by atoms with Crippen LogP contribution in [0.4, 0.5) is 0 Å². The third kappa shape index (κ3) is 3.14. The molecule has 0 aromatic heterocycles. The lowest BCUT2D eigenvalue weighted by molar-refractivity contribution is -0.117. The van der Waals surface area contributed by atoms with E-state index in [1.807, 2.05) is 6.08 Å². The first kappa shape index (κ1) is 14.6. The molecule has 3 rings (SSSR count). The summed E-state index contributed by atoms with van der Waals surface area (Å²) in [5, 5.41) is 0. The quantitative estimate of drug-likeness (QED) is 0.731. The van der Waals surface area contributed by atoms with Gasteiger partial charge < -0.3 is 4.74 Å². The second kappa shape index (κ2) is 5.49. The van der Waals surface area contributed by atoms with E-state index in [1.54, 1.807) is 0 Å². The minimum absolute atomic E-state index is 0.125. The summed E-state index contributed by atoms with van der Waals surface area (Å²) in [5.74, 6) is 3.37. The van der Waals surface area contributed by atoms with E-state index in [9.17, 15) is 4.79 Å². The van der Waals surface area contributed by atoms with E-state index in [0.29, 0.717) is 18.1 Å². The predicted molar refractivity (Wildman–Crippen MR) is 84.1 cm³/mol. The highest BCUT2D eigenvalue weighted by atomic mass is 32.2. The van der Waals surface area contributed by atoms with Crippen molar-refractivity contribution in [1.82, 2.24) is 0 Å². The normalized spacial score (nSPS) is 33.0. The number of thioether (sulfide) groups is 1. The molecule has 2 heterocycles. The molecule has 2 saturated heterocycles. The van der Waals surface area contributed by atoms with Crippen LogP contribution in [-0.4, -0.2) is 29.5 Å². The summed E-state index contributed by atoms with van der Waals surface area (Å²) in [7, 11) is 0. The second-order valence-electron chi connectivity index (χ2n) is 7.54. The first-order valence-corrected chi connectivity index (χ1v) is 9.09. The molecule has 1 unspecified atom stereocenters. The van der Waals surface area contributed by atoms with Crippen LogP contribution in [0.5, 0.6) is 0 Å². The first-order valence-electron chi connectivity index (χ1n) is 7.93. The van der Waals surface area contributed by atoms with Crippen LogP contribution >= 0.6 is 11.8 Å². The highest BCUT2D eigenvalue weighted by Gasteiger charge is 2.41. The topological polar surface area (TPSA) is 26.3 Å². The maximum Gasteiger partial charge on any atom is 0.156 e. The van der Waals surface area contributed by atoms with Crippen molar-refractivity contribution in [3.8, 4) is 0 Å². The fraction of sp³-hybridized carbons (Fsp3) is 0.824. The Kier molecular flexibility index (Phi) is 4.02. The van der Waals surface area contributed by atoms with Crippen molar-refractivity contribution < 1.29 is 9.53 Å². The molecule has 20 heavy (non-hydrogen) atoms. The Morgan fingerprint density at radius 1 is 1.25 bits per heavy atom. The molecule has 0 radical (unpaired) electrons. The molecule has 112 valence electrons. The Balaban J connectivity index is 1.75. The third-order valence-corrected chi connectivity index (χ3v) is 6.09. The summed E-state index contributed by atoms with van der Waals surface area (Å²) in [5.41, 5.74) is 1.68. The lowest BCUT2D eigenvalue weighted by atomic mass is 9.69. The molecule has 1 atom stereocenters. The van der Waals surface area contributed by atoms with Gasteiger partial charge in [0.15, 0.2) is 5.78 Å². The van der Waals surface area contributed by atoms with E-state index in [-0.39, 0.29) is 11.0 Å². The van der Waals surface area contributed by atoms with Gasteiger partial charge in [-0.2, -0.15) is 11.8 Å². The Hall–Kier alpha value is -0.280. The van der Waals surface area contributed by atoms with Crippen LogP contribution in [0.1, 0.15) is 52.4 Å². The van der Waals surface area contributed by atoms with E-state index in [1.165, 1.54) is 29.9 Å². The molecular weight excluding hydrogens is 268 g/mol. The number of rotatable bonds is 1. The molecular formula is C17H26O2S. The molecule has 0 saturated carbocycles. The Bertz CT molecular complexity index is 413. The van der Waals surface area contributed by atoms with Crippen molar-refractivity contribution in [2.24, 2.45) is 11.3 Å². The van der Waals surface area contributed by atoms with Gasteiger partial charge in [0.25, 0.3) is 0 Å². The molecule has 1 aliphatic carbocycles. The minimum Gasteiger partial charge on any atom is -0.375 e. The van der Waals surface area contributed by atoms with Crippen LogP contribution in [0, 0.1) is 11.3 Å². The zero-order chi connectivity index (χ0) is 14.2. The van der Waals surface area contributed by atoms with E-state index in [4.69, 9.17) is 4.74 Å². The van der Waals surface area contributed by atoms with Crippen molar-refractivity contribution in [1.29, 1.82) is 0 Å². The van der Waals surface area contributed by atoms with Crippen LogP contribution in [-0.2, 0) is 9.53 Å². The molecule has 0 aromatic carbocycles. The number of hydrogen-bond donors (Lipinski definition) is 0. The average Bonchev–Trinajstić information content (AvgIpc) is 2.37. The monoisotopic (exact) mass is 294 g/mol. The molecule has 3 heteroatoms. The minimum atomic E-state index is 0.125. The summed E-state index contributed by atoms with van der Waals surface area (Å²) < 4.78 is 6.18. The Morgan fingerprint density at radius 2 is 2.00 bits per heavy atom. The molecule has 0 N–H and O–H groups in total. The number of ketones is 1. The van der Waals surface area contributed by atoms with Gasteiger partial charge in [0, 0.05) is 13.0 Å². The van der Waals surface area contributed by atoms with Gasteiger partial charge >= 0.3 is 0 Å². The molecule has 2 fully saturated rings. The van der Waals surface area contributed by atoms with E-state index >= 15 is 0 Å². The van der Waals surface area contributed by atoms with E-state index in [0.717, 1.165) is 25.9 Å². The first-order chi connectivity index (χ1) is 9.48. The largest absolute Gasteiger partial charge is 0.375 e. The van der Waals surface area contributed by atoms with Gasteiger partial charge in [0.2, 0.25) is 0 Å². The van der Waals surface area contributed by atoms with Crippen LogP contribution in [0.15, 0.2) is 11.6 Å². The van der Waals surface area contributed by atoms with Crippen molar-refractivity contribution in [2.75, 3.05) is 18.1 Å². The number of hydrogen-bond acceptors (Lipinski definition) is 3. The van der Waals surface area contributed by atoms with Gasteiger partial charge in [0.1, 0.15) is 0 Å². The average molecular weight is 294 g/mol. The zero-order valence-electron chi connectivity index (χ0n) is 12.7. The molecule has 3 aliphatic rings. The lowest BCUT2D eigenvalue weighted by Gasteiger charge is -2.45. The van der Waals surface area contributed by atoms with Crippen molar-refractivity contribution in [2.45, 2.75) is 58.0 Å². The second-order valence-corrected chi connectivity index (χ2v) is 8.76. The number of allylic oxidation sites excluding steroid dienone is 2. The van der Waals surface area contributed by atoms with E-state index < -0.39 is 0 Å². The van der Waals surface area contributed by atoms with Crippen LogP contribution in [0.25, 0.3) is 0 Å². The molecule has 2 aliphatic heterocycles. The van der Waals surface area contributed by atoms with Crippen LogP contribution in [0.2, 0.25) is 0 Å². The van der Waals surface area contributed by atoms with Crippen LogP contribution in [0.3, 0.4) is 0 Å². The highest BCUT2D eigenvalue weighted by molar-refractivity contribution is 7.99. The Morgan fingerprint density at radius 3 is 2.70 bits per heavy atom. The van der Waals surface area contributed by atoms with Gasteiger partial charge in [-0.3, -0.25) is 4.79 Å². The standard InChI is InChI=1S/C17H26O2S/c1-16(2)10-14(9-15(18)12-16)13-3-6-19-17(11-13)4-7-20-8-5-17/h9,13H,3-8,10-12H2,1-2H3. The van der Waals surface area contributed by atoms with Gasteiger partial charge in [0.05, 0.1) is 5.60 Å². The van der Waals surface area contributed by atoms with Crippen LogP contribution < -0.4 is 0 Å². The number of carbonyl (C=O) groups excluding carboxylic acids is 1. The maximum absolute atomic E-state index is 12.0. The van der Waals surface area contributed by atoms with Gasteiger partial charge in [-0.15, -0.1) is 0 Å². The van der Waals surface area contributed by atoms with Gasteiger partial charge in [-0.1, -0.05) is 19.4 Å². The molecule has 0 bridgehead atoms. The molecule has 0 aromatic rings. The van der Waals surface area contributed by atoms with E-state index in [2.05, 4.69) is 25.6 Å². The predicted octanol–water partition coefficient (Wildman–Crippen LogP) is 3.99. The summed E-state index contributed by atoms with van der Waals surface area (Å²) in [6.45, 7) is 5.33. The van der Waals surface area contributed by atoms with Crippen molar-refractivity contribution in [3.05, 3.63) is 11.6 Å². The fourth-order valence-corrected chi connectivity index (χ4v) is 5.33. The summed E-state index contributed by atoms with van der Waals surface area (Å²) >= 11 is 2.05. The van der Waals surface area contributed by atoms with Gasteiger partial charge in [-0.05, 0) is 61.0 Å². The fourth-order valence-electron chi connectivity index (χ4n) is 4.09. The maximum atomic E-state index is 12.0. The summed E-state index contributed by atoms with van der Waals surface area (Å²) in [4.78, 5) is 12.0. The SMILES string of the molecule is CC1(C)CC(=O)C=C(C2CCOC3(CCSCC3)C2)C1. The summed E-state index contributed by atoms with van der Waals surface area (Å²) in [6.07, 6.45) is 8.40. The number of carbonyl (C=O) groups is 1. The summed E-state index contributed by atoms with van der Waals surface area (Å²) in [6, 6.07) is 0. The van der Waals surface area contributed by atoms with Gasteiger partial charge in [-0.25, -0.2) is 0 Å². The molecule has 2 nitrogen and oxygen atoms in total. The highest BCUT2D eigenvalue weighted by Crippen LogP contribution is 2.45. The van der Waals surface area contributed by atoms with Crippen molar-refractivity contribution >= 4 is 17.5 Å². The zero-order valence-corrected chi connectivity index (χ0v) is 13.6. The molecule has 0 amide bonds. The lowest BCUT2D eigenvalue weighted by Crippen LogP contribution is -2.43. The number of ether oxygens (including phenoxy) is 1. The Labute approximate surface area is 126 Å².